The fraction of sp³-hybridized carbons (Fsp3) is 0.857. The molecule has 4 rings (SSSR count). The van der Waals surface area contributed by atoms with Gasteiger partial charge in [0, 0.05) is 17.8 Å². The molecule has 0 aromatic rings. The maximum Gasteiger partial charge on any atom is 0.244 e. The molecule has 0 radical (unpaired) electrons. The van der Waals surface area contributed by atoms with Crippen LogP contribution in [0.25, 0.3) is 0 Å². The zero-order chi connectivity index (χ0) is 21.0. The molecule has 2 bridgehead atoms. The monoisotopic (exact) mass is 423 g/mol. The highest BCUT2D eigenvalue weighted by Crippen LogP contribution is 2.71. The highest BCUT2D eigenvalue weighted by atomic mass is 32.2. The number of thioether (sulfide) groups is 1. The summed E-state index contributed by atoms with van der Waals surface area (Å²) in [5.41, 5.74) is 0. The number of carbonyl (C=O) groups excluding carboxylic acids is 3. The first-order valence-electron chi connectivity index (χ1n) is 10.9. The molecule has 2 unspecified atom stereocenters. The summed E-state index contributed by atoms with van der Waals surface area (Å²) in [7, 11) is 1.61. The maximum absolute atomic E-state index is 13.6. The number of nitrogens with one attached hydrogen (secondary N) is 2. The quantitative estimate of drug-likeness (QED) is 0.614. The minimum atomic E-state index is -0.634. The smallest absolute Gasteiger partial charge is 0.244 e. The van der Waals surface area contributed by atoms with E-state index in [-0.39, 0.29) is 35.1 Å². The van der Waals surface area contributed by atoms with E-state index in [1.165, 1.54) is 6.42 Å². The van der Waals surface area contributed by atoms with Crippen molar-refractivity contribution in [3.05, 3.63) is 0 Å². The van der Waals surface area contributed by atoms with E-state index in [1.54, 1.807) is 30.6 Å². The molecule has 3 amide bonds. The fourth-order valence-corrected chi connectivity index (χ4v) is 8.65. The Kier molecular flexibility index (Phi) is 5.39. The standard InChI is InChI=1S/C21H33N3O4S/c1-12(11-25)24-16(18(27)23-13-7-5-4-6-8-13)21-10-9-20(2,29-21)14(17(26)22-3)15(21)19(24)28/h12-16,25H,4-11H2,1-3H3,(H,22,26)(H,23,27)/t12-,14-,15+,16?,20+,21?/m1/s1. The van der Waals surface area contributed by atoms with Crippen molar-refractivity contribution >= 4 is 29.5 Å². The summed E-state index contributed by atoms with van der Waals surface area (Å²) < 4.78 is -0.927. The van der Waals surface area contributed by atoms with Crippen LogP contribution in [0.4, 0.5) is 0 Å². The third-order valence-corrected chi connectivity index (χ3v) is 9.67. The lowest BCUT2D eigenvalue weighted by Crippen LogP contribution is -2.57. The van der Waals surface area contributed by atoms with Gasteiger partial charge in [-0.25, -0.2) is 0 Å². The maximum atomic E-state index is 13.6. The molecule has 7 nitrogen and oxygen atoms in total. The molecule has 1 saturated carbocycles. The minimum absolute atomic E-state index is 0.109. The summed E-state index contributed by atoms with van der Waals surface area (Å²) in [6, 6.07) is -0.935. The van der Waals surface area contributed by atoms with E-state index < -0.39 is 28.7 Å². The van der Waals surface area contributed by atoms with Crippen LogP contribution in [0.15, 0.2) is 0 Å². The Labute approximate surface area is 176 Å². The molecule has 1 aliphatic carbocycles. The van der Waals surface area contributed by atoms with Crippen molar-refractivity contribution in [3.8, 4) is 0 Å². The molecule has 3 aliphatic heterocycles. The van der Waals surface area contributed by atoms with Crippen molar-refractivity contribution in [2.75, 3.05) is 13.7 Å². The number of fused-ring (bicyclic) bond motifs is 1. The van der Waals surface area contributed by atoms with Gasteiger partial charge in [-0.2, -0.15) is 0 Å². The van der Waals surface area contributed by atoms with Crippen molar-refractivity contribution < 1.29 is 19.5 Å². The summed E-state index contributed by atoms with van der Waals surface area (Å²) in [6.07, 6.45) is 6.95. The van der Waals surface area contributed by atoms with Gasteiger partial charge in [0.25, 0.3) is 0 Å². The van der Waals surface area contributed by atoms with Gasteiger partial charge < -0.3 is 20.6 Å². The van der Waals surface area contributed by atoms with Gasteiger partial charge in [-0.15, -0.1) is 11.8 Å². The number of hydrogen-bond acceptors (Lipinski definition) is 5. The topological polar surface area (TPSA) is 98.7 Å². The van der Waals surface area contributed by atoms with Crippen molar-refractivity contribution in [1.82, 2.24) is 15.5 Å². The summed E-state index contributed by atoms with van der Waals surface area (Å²) in [6.45, 7) is 3.65. The number of rotatable bonds is 5. The predicted molar refractivity (Wildman–Crippen MR) is 111 cm³/mol. The van der Waals surface area contributed by atoms with E-state index in [1.807, 2.05) is 0 Å². The first-order chi connectivity index (χ1) is 13.8. The van der Waals surface area contributed by atoms with Crippen molar-refractivity contribution in [2.24, 2.45) is 11.8 Å². The largest absolute Gasteiger partial charge is 0.394 e. The van der Waals surface area contributed by atoms with Gasteiger partial charge in [0.05, 0.1) is 29.2 Å². The van der Waals surface area contributed by atoms with Crippen LogP contribution >= 0.6 is 11.8 Å². The van der Waals surface area contributed by atoms with Crippen molar-refractivity contribution in [3.63, 3.8) is 0 Å². The Balaban J connectivity index is 1.71. The minimum Gasteiger partial charge on any atom is -0.394 e. The van der Waals surface area contributed by atoms with Crippen LogP contribution in [0.2, 0.25) is 0 Å². The predicted octanol–water partition coefficient (Wildman–Crippen LogP) is 1.04. The van der Waals surface area contributed by atoms with Gasteiger partial charge in [0.2, 0.25) is 17.7 Å². The Hall–Kier alpha value is -1.28. The number of aliphatic hydroxyl groups is 1. The third kappa shape index (κ3) is 3.00. The lowest BCUT2D eigenvalue weighted by molar-refractivity contribution is -0.143. The normalized spacial score (nSPS) is 40.1. The van der Waals surface area contributed by atoms with Crippen LogP contribution in [0.1, 0.15) is 58.8 Å². The van der Waals surface area contributed by atoms with Crippen molar-refractivity contribution in [2.45, 2.75) is 86.4 Å². The van der Waals surface area contributed by atoms with Crippen LogP contribution in [0, 0.1) is 11.8 Å². The molecule has 0 aromatic carbocycles. The SMILES string of the molecule is CNC(=O)[C@H]1[C@H]2C(=O)N([C@H](C)CO)C(C(=O)NC3CCCCC3)C23CC[C@]1(C)S3. The van der Waals surface area contributed by atoms with Gasteiger partial charge in [0.1, 0.15) is 6.04 Å². The average Bonchev–Trinajstić information content (AvgIpc) is 3.28. The third-order valence-electron chi connectivity index (χ3n) is 7.68. The van der Waals surface area contributed by atoms with Gasteiger partial charge in [0.15, 0.2) is 0 Å². The molecule has 4 fully saturated rings. The van der Waals surface area contributed by atoms with E-state index in [0.29, 0.717) is 0 Å². The van der Waals surface area contributed by atoms with Gasteiger partial charge >= 0.3 is 0 Å². The fourth-order valence-electron chi connectivity index (χ4n) is 6.31. The lowest BCUT2D eigenvalue weighted by atomic mass is 9.66. The number of carbonyl (C=O) groups is 3. The zero-order valence-electron chi connectivity index (χ0n) is 17.6. The second-order valence-electron chi connectivity index (χ2n) is 9.46. The summed E-state index contributed by atoms with van der Waals surface area (Å²) in [5, 5.41) is 15.8. The molecule has 162 valence electrons. The summed E-state index contributed by atoms with van der Waals surface area (Å²) in [5.74, 6) is -1.34. The number of aliphatic hydroxyl groups excluding tert-OH is 1. The molecule has 6 atom stereocenters. The lowest BCUT2D eigenvalue weighted by Gasteiger charge is -2.37. The van der Waals surface area contributed by atoms with E-state index in [4.69, 9.17) is 0 Å². The second kappa shape index (κ2) is 7.45. The number of hydrogen-bond donors (Lipinski definition) is 3. The van der Waals surface area contributed by atoms with Crippen LogP contribution < -0.4 is 10.6 Å². The van der Waals surface area contributed by atoms with Gasteiger partial charge in [-0.3, -0.25) is 14.4 Å². The van der Waals surface area contributed by atoms with E-state index in [2.05, 4.69) is 17.6 Å². The molecule has 1 spiro atoms. The molecular formula is C21H33N3O4S. The van der Waals surface area contributed by atoms with E-state index >= 15 is 0 Å². The number of amides is 3. The molecule has 3 N–H and O–H groups in total. The molecule has 3 heterocycles. The highest BCUT2D eigenvalue weighted by Gasteiger charge is 2.77. The first kappa shape index (κ1) is 21.0. The molecule has 29 heavy (non-hydrogen) atoms. The average molecular weight is 424 g/mol. The van der Waals surface area contributed by atoms with E-state index in [0.717, 1.165) is 38.5 Å². The zero-order valence-corrected chi connectivity index (χ0v) is 18.4. The Bertz CT molecular complexity index is 712. The van der Waals surface area contributed by atoms with Gasteiger partial charge in [-0.1, -0.05) is 19.3 Å². The molecule has 4 aliphatic rings. The van der Waals surface area contributed by atoms with Crippen LogP contribution in [0.5, 0.6) is 0 Å². The van der Waals surface area contributed by atoms with Crippen LogP contribution in [-0.2, 0) is 14.4 Å². The van der Waals surface area contributed by atoms with Crippen molar-refractivity contribution in [1.29, 1.82) is 0 Å². The van der Waals surface area contributed by atoms with Crippen LogP contribution in [0.3, 0.4) is 0 Å². The molecule has 8 heteroatoms. The number of nitrogens with zero attached hydrogens (tertiary/aromatic N) is 1. The highest BCUT2D eigenvalue weighted by molar-refractivity contribution is 8.02. The summed E-state index contributed by atoms with van der Waals surface area (Å²) in [4.78, 5) is 41.5. The number of likely N-dealkylation sites (tertiary alicyclic amines) is 1. The Morgan fingerprint density at radius 3 is 2.55 bits per heavy atom. The Morgan fingerprint density at radius 2 is 1.93 bits per heavy atom. The van der Waals surface area contributed by atoms with Gasteiger partial charge in [-0.05, 0) is 39.5 Å². The van der Waals surface area contributed by atoms with Crippen LogP contribution in [-0.4, -0.2) is 69.0 Å². The molecule has 0 aromatic heterocycles. The second-order valence-corrected chi connectivity index (χ2v) is 11.4. The summed E-state index contributed by atoms with van der Waals surface area (Å²) >= 11 is 1.67. The molecular weight excluding hydrogens is 390 g/mol. The van der Waals surface area contributed by atoms with E-state index in [9.17, 15) is 19.5 Å². The first-order valence-corrected chi connectivity index (χ1v) is 11.8. The molecule has 3 saturated heterocycles. The Morgan fingerprint density at radius 1 is 1.24 bits per heavy atom.